The molecule has 2 atom stereocenters. The maximum atomic E-state index is 12.5. The summed E-state index contributed by atoms with van der Waals surface area (Å²) in [7, 11) is 0.967. The second-order valence-electron chi connectivity index (χ2n) is 3.92. The van der Waals surface area contributed by atoms with Crippen LogP contribution in [0.4, 0.5) is 13.2 Å². The summed E-state index contributed by atoms with van der Waals surface area (Å²) in [6, 6.07) is -2.04. The molecule has 0 aromatic rings. The van der Waals surface area contributed by atoms with E-state index < -0.39 is 35.8 Å². The number of rotatable bonds is 2. The summed E-state index contributed by atoms with van der Waals surface area (Å²) >= 11 is 0. The summed E-state index contributed by atoms with van der Waals surface area (Å²) in [6.45, 7) is 0.466. The van der Waals surface area contributed by atoms with Gasteiger partial charge in [0.05, 0.1) is 7.11 Å². The van der Waals surface area contributed by atoms with Crippen molar-refractivity contribution in [1.82, 2.24) is 4.90 Å². The topological polar surface area (TPSA) is 63.7 Å². The Hall–Kier alpha value is -1.60. The molecule has 0 bridgehead atoms. The number of halogens is 3. The highest BCUT2D eigenvalue weighted by atomic mass is 19.4. The summed E-state index contributed by atoms with van der Waals surface area (Å²) in [5, 5.41) is 0. The van der Waals surface area contributed by atoms with Crippen LogP contribution in [-0.4, -0.2) is 48.4 Å². The van der Waals surface area contributed by atoms with E-state index in [1.54, 1.807) is 0 Å². The molecule has 1 aliphatic heterocycles. The second-order valence-corrected chi connectivity index (χ2v) is 3.92. The van der Waals surface area contributed by atoms with E-state index in [0.29, 0.717) is 4.90 Å². The zero-order valence-electron chi connectivity index (χ0n) is 9.78. The number of ketones is 1. The number of carbonyl (C=O) groups is 3. The third-order valence-corrected chi connectivity index (χ3v) is 2.83. The predicted molar refractivity (Wildman–Crippen MR) is 52.4 cm³/mol. The third kappa shape index (κ3) is 2.62. The number of esters is 1. The highest BCUT2D eigenvalue weighted by molar-refractivity contribution is 6.17. The zero-order chi connectivity index (χ0) is 14.1. The zero-order valence-corrected chi connectivity index (χ0v) is 9.78. The first-order valence-electron chi connectivity index (χ1n) is 5.18. The highest BCUT2D eigenvalue weighted by Gasteiger charge is 2.49. The Morgan fingerprint density at radius 1 is 1.44 bits per heavy atom. The Morgan fingerprint density at radius 3 is 2.44 bits per heavy atom. The van der Waals surface area contributed by atoms with Crippen molar-refractivity contribution in [2.75, 3.05) is 13.7 Å². The lowest BCUT2D eigenvalue weighted by Gasteiger charge is -2.35. The first-order chi connectivity index (χ1) is 8.20. The predicted octanol–water partition coefficient (Wildman–Crippen LogP) is 0.528. The van der Waals surface area contributed by atoms with Crippen LogP contribution >= 0.6 is 0 Å². The molecule has 1 amide bonds. The Morgan fingerprint density at radius 2 is 2.00 bits per heavy atom. The van der Waals surface area contributed by atoms with Crippen LogP contribution in [0.2, 0.25) is 0 Å². The maximum absolute atomic E-state index is 12.5. The van der Waals surface area contributed by atoms with E-state index in [9.17, 15) is 27.6 Å². The van der Waals surface area contributed by atoms with Gasteiger partial charge in [-0.2, -0.15) is 13.2 Å². The lowest BCUT2D eigenvalue weighted by molar-refractivity contribution is -0.192. The fourth-order valence-electron chi connectivity index (χ4n) is 1.70. The van der Waals surface area contributed by atoms with Crippen LogP contribution in [0.15, 0.2) is 0 Å². The second kappa shape index (κ2) is 4.95. The highest BCUT2D eigenvalue weighted by Crippen LogP contribution is 2.28. The minimum atomic E-state index is -4.60. The minimum absolute atomic E-state index is 0.286. The van der Waals surface area contributed by atoms with Crippen molar-refractivity contribution in [3.05, 3.63) is 0 Å². The van der Waals surface area contributed by atoms with Gasteiger partial charge in [-0.05, 0) is 6.92 Å². The van der Waals surface area contributed by atoms with Crippen molar-refractivity contribution < 1.29 is 32.3 Å². The molecule has 0 aromatic heterocycles. The van der Waals surface area contributed by atoms with Crippen molar-refractivity contribution in [2.45, 2.75) is 25.6 Å². The molecule has 0 N–H and O–H groups in total. The first-order valence-corrected chi connectivity index (χ1v) is 5.18. The molecular formula is C10H12F3NO4. The number of methoxy groups -OCH3 is 1. The van der Waals surface area contributed by atoms with Crippen molar-refractivity contribution in [2.24, 2.45) is 5.92 Å². The van der Waals surface area contributed by atoms with Crippen molar-refractivity contribution in [1.29, 1.82) is 0 Å². The lowest BCUT2D eigenvalue weighted by Crippen LogP contribution is -2.56. The van der Waals surface area contributed by atoms with Crippen LogP contribution in [-0.2, 0) is 19.1 Å². The average Bonchev–Trinajstić information content (AvgIpc) is 2.27. The van der Waals surface area contributed by atoms with Crippen LogP contribution < -0.4 is 0 Å². The smallest absolute Gasteiger partial charge is 0.408 e. The van der Waals surface area contributed by atoms with Gasteiger partial charge >= 0.3 is 12.1 Å². The van der Waals surface area contributed by atoms with Gasteiger partial charge in [0.1, 0.15) is 6.04 Å². The van der Waals surface area contributed by atoms with E-state index >= 15 is 0 Å². The summed E-state index contributed by atoms with van der Waals surface area (Å²) in [6.07, 6.45) is -4.89. The molecule has 1 rings (SSSR count). The summed E-state index contributed by atoms with van der Waals surface area (Å²) in [5.41, 5.74) is 0. The van der Waals surface area contributed by atoms with Crippen LogP contribution in [0.5, 0.6) is 0 Å². The number of alkyl halides is 3. The number of ether oxygens (including phenoxy) is 1. The molecule has 0 radical (unpaired) electrons. The van der Waals surface area contributed by atoms with Crippen LogP contribution in [0, 0.1) is 5.92 Å². The summed E-state index contributed by atoms with van der Waals surface area (Å²) in [4.78, 5) is 34.8. The number of amides is 1. The average molecular weight is 267 g/mol. The molecule has 1 saturated heterocycles. The van der Waals surface area contributed by atoms with Gasteiger partial charge in [-0.1, -0.05) is 0 Å². The largest absolute Gasteiger partial charge is 0.468 e. The quantitative estimate of drug-likeness (QED) is 0.540. The van der Waals surface area contributed by atoms with Gasteiger partial charge in [0.2, 0.25) is 5.91 Å². The van der Waals surface area contributed by atoms with E-state index in [4.69, 9.17) is 0 Å². The van der Waals surface area contributed by atoms with Crippen molar-refractivity contribution in [3.63, 3.8) is 0 Å². The molecule has 1 fully saturated rings. The van der Waals surface area contributed by atoms with Crippen LogP contribution in [0.1, 0.15) is 13.3 Å². The SMILES string of the molecule is COC(=O)C1C(=O)CCN(C(C)C(F)(F)F)C1=O. The lowest BCUT2D eigenvalue weighted by atomic mass is 9.94. The van der Waals surface area contributed by atoms with Crippen LogP contribution in [0.3, 0.4) is 0 Å². The van der Waals surface area contributed by atoms with Crippen LogP contribution in [0.25, 0.3) is 0 Å². The number of nitrogens with zero attached hydrogens (tertiary/aromatic N) is 1. The number of piperidine rings is 1. The van der Waals surface area contributed by atoms with E-state index in [1.165, 1.54) is 0 Å². The number of carbonyl (C=O) groups excluding carboxylic acids is 3. The van der Waals surface area contributed by atoms with E-state index in [1.807, 2.05) is 0 Å². The Bertz CT molecular complexity index is 372. The Labute approximate surface area is 101 Å². The molecule has 5 nitrogen and oxygen atoms in total. The number of Topliss-reactive ketones (excluding diaryl/α,β-unsaturated/α-hetero) is 1. The summed E-state index contributed by atoms with van der Waals surface area (Å²) < 4.78 is 41.8. The molecule has 0 spiro atoms. The first kappa shape index (κ1) is 14.5. The van der Waals surface area contributed by atoms with E-state index in [2.05, 4.69) is 4.74 Å². The third-order valence-electron chi connectivity index (χ3n) is 2.83. The normalized spacial score (nSPS) is 22.9. The standard InChI is InChI=1S/C10H12F3NO4/c1-5(10(11,12)13)14-4-3-6(15)7(8(14)16)9(17)18-2/h5,7H,3-4H2,1-2H3. The van der Waals surface area contributed by atoms with Gasteiger partial charge in [-0.3, -0.25) is 14.4 Å². The van der Waals surface area contributed by atoms with Gasteiger partial charge in [-0.15, -0.1) is 0 Å². The van der Waals surface area contributed by atoms with Gasteiger partial charge in [0.25, 0.3) is 0 Å². The number of hydrogen-bond acceptors (Lipinski definition) is 4. The molecule has 2 unspecified atom stereocenters. The number of likely N-dealkylation sites (tertiary alicyclic amines) is 1. The molecule has 18 heavy (non-hydrogen) atoms. The molecule has 1 heterocycles. The van der Waals surface area contributed by atoms with E-state index in [0.717, 1.165) is 14.0 Å². The molecule has 0 saturated carbocycles. The maximum Gasteiger partial charge on any atom is 0.408 e. The van der Waals surface area contributed by atoms with Gasteiger partial charge in [0, 0.05) is 13.0 Å². The van der Waals surface area contributed by atoms with Gasteiger partial charge in [-0.25, -0.2) is 0 Å². The molecular weight excluding hydrogens is 255 g/mol. The molecule has 0 aromatic carbocycles. The van der Waals surface area contributed by atoms with Gasteiger partial charge in [0.15, 0.2) is 11.7 Å². The van der Waals surface area contributed by atoms with E-state index in [-0.39, 0.29) is 13.0 Å². The molecule has 102 valence electrons. The molecule has 0 aliphatic carbocycles. The molecule has 8 heteroatoms. The minimum Gasteiger partial charge on any atom is -0.468 e. The fraction of sp³-hybridized carbons (Fsp3) is 0.700. The Balaban J connectivity index is 2.96. The monoisotopic (exact) mass is 267 g/mol. The van der Waals surface area contributed by atoms with Crippen molar-refractivity contribution >= 4 is 17.7 Å². The van der Waals surface area contributed by atoms with Gasteiger partial charge < -0.3 is 9.64 Å². The molecule has 1 aliphatic rings. The number of hydrogen-bond donors (Lipinski definition) is 0. The Kier molecular flexibility index (Phi) is 3.98. The fourth-order valence-corrected chi connectivity index (χ4v) is 1.70. The summed E-state index contributed by atoms with van der Waals surface area (Å²) in [5.74, 6) is -4.75. The van der Waals surface area contributed by atoms with Crippen molar-refractivity contribution in [3.8, 4) is 0 Å².